The average Bonchev–Trinajstić information content (AvgIpc) is 2.68. The first kappa shape index (κ1) is 22.6. The summed E-state index contributed by atoms with van der Waals surface area (Å²) < 4.78 is 33.7. The Kier molecular flexibility index (Phi) is 8.56. The van der Waals surface area contributed by atoms with Gasteiger partial charge in [0.05, 0.1) is 11.5 Å². The molecular formula is C20H33ClN2O3S. The van der Waals surface area contributed by atoms with Gasteiger partial charge in [0.1, 0.15) is 0 Å². The minimum atomic E-state index is -3.49. The van der Waals surface area contributed by atoms with Crippen LogP contribution >= 0.6 is 12.4 Å². The molecule has 1 saturated carbocycles. The molecule has 3 rings (SSSR count). The summed E-state index contributed by atoms with van der Waals surface area (Å²) in [5.41, 5.74) is 1.16. The highest BCUT2D eigenvalue weighted by Gasteiger charge is 2.33. The smallest absolute Gasteiger partial charge is 0.240 e. The Bertz CT molecular complexity index is 661. The van der Waals surface area contributed by atoms with Crippen molar-refractivity contribution in [1.29, 1.82) is 0 Å². The quantitative estimate of drug-likeness (QED) is 0.714. The van der Waals surface area contributed by atoms with Crippen LogP contribution in [0, 0.1) is 5.41 Å². The number of hydrogen-bond acceptors (Lipinski definition) is 4. The van der Waals surface area contributed by atoms with E-state index in [9.17, 15) is 8.42 Å². The Hall–Kier alpha value is -0.660. The van der Waals surface area contributed by atoms with E-state index in [0.29, 0.717) is 24.0 Å². The van der Waals surface area contributed by atoms with E-state index in [1.807, 2.05) is 12.1 Å². The fourth-order valence-electron chi connectivity index (χ4n) is 4.32. The van der Waals surface area contributed by atoms with E-state index in [1.165, 1.54) is 37.7 Å². The monoisotopic (exact) mass is 416 g/mol. The van der Waals surface area contributed by atoms with Crippen LogP contribution in [0.1, 0.15) is 56.4 Å². The molecule has 0 atom stereocenters. The summed E-state index contributed by atoms with van der Waals surface area (Å²) in [5, 5.41) is 3.33. The van der Waals surface area contributed by atoms with Crippen LogP contribution in [-0.4, -0.2) is 41.8 Å². The van der Waals surface area contributed by atoms with E-state index in [0.717, 1.165) is 25.9 Å². The Balaban J connectivity index is 0.00000261. The summed E-state index contributed by atoms with van der Waals surface area (Å²) in [4.78, 5) is 0.360. The topological polar surface area (TPSA) is 67.4 Å². The molecule has 0 bridgehead atoms. The molecule has 1 aromatic carbocycles. The van der Waals surface area contributed by atoms with E-state index in [2.05, 4.69) is 10.0 Å². The molecule has 5 nitrogen and oxygen atoms in total. The third-order valence-electron chi connectivity index (χ3n) is 6.02. The maximum absolute atomic E-state index is 12.7. The molecule has 2 fully saturated rings. The first-order valence-corrected chi connectivity index (χ1v) is 11.3. The second-order valence-electron chi connectivity index (χ2n) is 7.91. The van der Waals surface area contributed by atoms with Gasteiger partial charge in [-0.2, -0.15) is 0 Å². The Morgan fingerprint density at radius 3 is 2.33 bits per heavy atom. The molecule has 1 saturated heterocycles. The standard InChI is InChI=1S/C20H32N2O3S.ClH/c1-25-16-20(11-13-21-14-12-20)15-22-26(23,24)19-9-7-18(8-10-19)17-5-3-2-4-6-17;/h7-10,17,21-22H,2-6,11-16H2,1H3;1H. The van der Waals surface area contributed by atoms with Crippen molar-refractivity contribution < 1.29 is 13.2 Å². The fourth-order valence-corrected chi connectivity index (χ4v) is 5.48. The zero-order valence-electron chi connectivity index (χ0n) is 16.2. The third-order valence-corrected chi connectivity index (χ3v) is 7.44. The van der Waals surface area contributed by atoms with Crippen molar-refractivity contribution in [2.45, 2.75) is 55.8 Å². The summed E-state index contributed by atoms with van der Waals surface area (Å²) in [6, 6.07) is 7.52. The summed E-state index contributed by atoms with van der Waals surface area (Å²) in [6.45, 7) is 2.81. The third kappa shape index (κ3) is 5.91. The summed E-state index contributed by atoms with van der Waals surface area (Å²) in [6.07, 6.45) is 8.17. The number of ether oxygens (including phenoxy) is 1. The second kappa shape index (κ2) is 10.2. The van der Waals surface area contributed by atoms with Gasteiger partial charge in [-0.15, -0.1) is 12.4 Å². The Labute approximate surface area is 170 Å². The van der Waals surface area contributed by atoms with Crippen LogP contribution in [0.25, 0.3) is 0 Å². The molecule has 0 amide bonds. The first-order valence-electron chi connectivity index (χ1n) is 9.84. The predicted molar refractivity (Wildman–Crippen MR) is 111 cm³/mol. The molecule has 2 N–H and O–H groups in total. The largest absolute Gasteiger partial charge is 0.384 e. The second-order valence-corrected chi connectivity index (χ2v) is 9.68. The molecule has 27 heavy (non-hydrogen) atoms. The molecule has 0 radical (unpaired) electrons. The molecule has 7 heteroatoms. The van der Waals surface area contributed by atoms with Gasteiger partial charge >= 0.3 is 0 Å². The van der Waals surface area contributed by atoms with Crippen molar-refractivity contribution in [1.82, 2.24) is 10.0 Å². The number of piperidine rings is 1. The number of benzene rings is 1. The Morgan fingerprint density at radius 2 is 1.74 bits per heavy atom. The van der Waals surface area contributed by atoms with Crippen LogP contribution in [0.3, 0.4) is 0 Å². The van der Waals surface area contributed by atoms with Crippen molar-refractivity contribution in [3.8, 4) is 0 Å². The lowest BCUT2D eigenvalue weighted by Gasteiger charge is -2.37. The lowest BCUT2D eigenvalue weighted by atomic mass is 9.80. The number of sulfonamides is 1. The highest BCUT2D eigenvalue weighted by atomic mass is 35.5. The zero-order chi connectivity index (χ0) is 18.5. The first-order chi connectivity index (χ1) is 12.5. The van der Waals surface area contributed by atoms with E-state index >= 15 is 0 Å². The molecule has 0 unspecified atom stereocenters. The lowest BCUT2D eigenvalue weighted by molar-refractivity contribution is 0.0577. The highest BCUT2D eigenvalue weighted by Crippen LogP contribution is 2.33. The molecule has 1 aliphatic carbocycles. The highest BCUT2D eigenvalue weighted by molar-refractivity contribution is 7.89. The van der Waals surface area contributed by atoms with Gasteiger partial charge in [0.25, 0.3) is 0 Å². The van der Waals surface area contributed by atoms with Gasteiger partial charge in [0, 0.05) is 19.1 Å². The maximum Gasteiger partial charge on any atom is 0.240 e. The molecule has 0 aromatic heterocycles. The average molecular weight is 417 g/mol. The summed E-state index contributed by atoms with van der Waals surface area (Å²) >= 11 is 0. The summed E-state index contributed by atoms with van der Waals surface area (Å²) in [5.74, 6) is 0.591. The molecule has 1 heterocycles. The number of nitrogens with one attached hydrogen (secondary N) is 2. The van der Waals surface area contributed by atoms with Gasteiger partial charge < -0.3 is 10.1 Å². The minimum absolute atomic E-state index is 0. The molecule has 0 spiro atoms. The number of hydrogen-bond donors (Lipinski definition) is 2. The SMILES string of the molecule is COCC1(CNS(=O)(=O)c2ccc(C3CCCCC3)cc2)CCNCC1.Cl. The van der Waals surface area contributed by atoms with Crippen LogP contribution in [0.5, 0.6) is 0 Å². The summed E-state index contributed by atoms with van der Waals surface area (Å²) in [7, 11) is -1.81. The van der Waals surface area contributed by atoms with Gasteiger partial charge in [0.2, 0.25) is 10.0 Å². The molecule has 1 aliphatic heterocycles. The molecule has 154 valence electrons. The number of methoxy groups -OCH3 is 1. The Morgan fingerprint density at radius 1 is 1.11 bits per heavy atom. The molecule has 2 aliphatic rings. The van der Waals surface area contributed by atoms with Crippen molar-refractivity contribution in [2.24, 2.45) is 5.41 Å². The zero-order valence-corrected chi connectivity index (χ0v) is 17.8. The fraction of sp³-hybridized carbons (Fsp3) is 0.700. The predicted octanol–water partition coefficient (Wildman–Crippen LogP) is 3.45. The van der Waals surface area contributed by atoms with Crippen molar-refractivity contribution in [2.75, 3.05) is 33.4 Å². The molecule has 1 aromatic rings. The number of rotatable bonds is 7. The number of halogens is 1. The minimum Gasteiger partial charge on any atom is -0.384 e. The van der Waals surface area contributed by atoms with Crippen LogP contribution in [-0.2, 0) is 14.8 Å². The van der Waals surface area contributed by atoms with Gasteiger partial charge in [0.15, 0.2) is 0 Å². The van der Waals surface area contributed by atoms with E-state index in [-0.39, 0.29) is 17.8 Å². The van der Waals surface area contributed by atoms with Gasteiger partial charge in [-0.1, -0.05) is 31.4 Å². The van der Waals surface area contributed by atoms with Gasteiger partial charge in [-0.25, -0.2) is 13.1 Å². The van der Waals surface area contributed by atoms with E-state index in [4.69, 9.17) is 4.74 Å². The van der Waals surface area contributed by atoms with Crippen LogP contribution in [0.15, 0.2) is 29.2 Å². The van der Waals surface area contributed by atoms with Crippen molar-refractivity contribution in [3.05, 3.63) is 29.8 Å². The van der Waals surface area contributed by atoms with Crippen LogP contribution in [0.2, 0.25) is 0 Å². The van der Waals surface area contributed by atoms with Gasteiger partial charge in [-0.05, 0) is 62.4 Å². The maximum atomic E-state index is 12.7. The molecular weight excluding hydrogens is 384 g/mol. The van der Waals surface area contributed by atoms with E-state index in [1.54, 1.807) is 19.2 Å². The normalized spacial score (nSPS) is 20.8. The van der Waals surface area contributed by atoms with Crippen LogP contribution in [0.4, 0.5) is 0 Å². The van der Waals surface area contributed by atoms with Crippen molar-refractivity contribution >= 4 is 22.4 Å². The van der Waals surface area contributed by atoms with E-state index < -0.39 is 10.0 Å². The van der Waals surface area contributed by atoms with Crippen molar-refractivity contribution in [3.63, 3.8) is 0 Å². The van der Waals surface area contributed by atoms with Crippen LogP contribution < -0.4 is 10.0 Å². The lowest BCUT2D eigenvalue weighted by Crippen LogP contribution is -2.47. The van der Waals surface area contributed by atoms with Gasteiger partial charge in [-0.3, -0.25) is 0 Å².